The van der Waals surface area contributed by atoms with Crippen LogP contribution in [0.1, 0.15) is 44.5 Å². The zero-order valence-corrected chi connectivity index (χ0v) is 14.2. The van der Waals surface area contributed by atoms with Crippen LogP contribution in [0.3, 0.4) is 0 Å². The highest BCUT2D eigenvalue weighted by Crippen LogP contribution is 2.27. The average Bonchev–Trinajstić information content (AvgIpc) is 2.40. The van der Waals surface area contributed by atoms with Crippen LogP contribution >= 0.6 is 15.9 Å². The molecule has 0 aliphatic rings. The summed E-state index contributed by atoms with van der Waals surface area (Å²) in [7, 11) is 0. The number of benzene rings is 1. The van der Waals surface area contributed by atoms with E-state index in [4.69, 9.17) is 9.84 Å². The summed E-state index contributed by atoms with van der Waals surface area (Å²) in [5, 5.41) is 11.9. The van der Waals surface area contributed by atoms with Crippen LogP contribution in [-0.4, -0.2) is 28.6 Å². The average molecular weight is 358 g/mol. The maximum Gasteiger partial charge on any atom is 0.335 e. The van der Waals surface area contributed by atoms with Crippen LogP contribution in [0.2, 0.25) is 0 Å². The van der Waals surface area contributed by atoms with Crippen LogP contribution in [-0.2, 0) is 4.79 Å². The summed E-state index contributed by atoms with van der Waals surface area (Å²) in [5.41, 5.74) is -0.204. The molecule has 0 bridgehead atoms. The number of hydrogen-bond donors (Lipinski definition) is 2. The van der Waals surface area contributed by atoms with E-state index in [1.165, 1.54) is 12.1 Å². The van der Waals surface area contributed by atoms with Gasteiger partial charge in [0, 0.05) is 5.54 Å². The number of carboxylic acid groups (broad SMARTS) is 1. The van der Waals surface area contributed by atoms with Crippen LogP contribution < -0.4 is 10.1 Å². The standard InChI is InChI=1S/C15H20BrNO4/c1-5-15(3,4)17-13(18)9(2)21-12-8-10(14(19)20)6-7-11(12)16/h6-9H,5H2,1-4H3,(H,17,18)(H,19,20). The van der Waals surface area contributed by atoms with Crippen LogP contribution in [0, 0.1) is 0 Å². The van der Waals surface area contributed by atoms with Gasteiger partial charge >= 0.3 is 5.97 Å². The zero-order chi connectivity index (χ0) is 16.2. The van der Waals surface area contributed by atoms with Crippen molar-refractivity contribution >= 4 is 27.8 Å². The lowest BCUT2D eigenvalue weighted by Crippen LogP contribution is -2.48. The molecular weight excluding hydrogens is 338 g/mol. The van der Waals surface area contributed by atoms with E-state index in [-0.39, 0.29) is 17.0 Å². The quantitative estimate of drug-likeness (QED) is 0.819. The van der Waals surface area contributed by atoms with E-state index in [1.807, 2.05) is 20.8 Å². The Balaban J connectivity index is 2.83. The van der Waals surface area contributed by atoms with E-state index < -0.39 is 12.1 Å². The molecule has 1 atom stereocenters. The molecule has 0 heterocycles. The minimum absolute atomic E-state index is 0.106. The van der Waals surface area contributed by atoms with Crippen LogP contribution in [0.5, 0.6) is 5.75 Å². The van der Waals surface area contributed by atoms with Crippen molar-refractivity contribution in [1.82, 2.24) is 5.32 Å². The molecule has 0 aromatic heterocycles. The van der Waals surface area contributed by atoms with Crippen molar-refractivity contribution in [2.45, 2.75) is 45.8 Å². The fourth-order valence-electron chi connectivity index (χ4n) is 1.49. The van der Waals surface area contributed by atoms with E-state index in [9.17, 15) is 9.59 Å². The monoisotopic (exact) mass is 357 g/mol. The van der Waals surface area contributed by atoms with Gasteiger partial charge in [0.2, 0.25) is 0 Å². The normalized spacial score (nSPS) is 12.6. The molecule has 5 nitrogen and oxygen atoms in total. The Bertz CT molecular complexity index is 542. The van der Waals surface area contributed by atoms with Gasteiger partial charge < -0.3 is 15.2 Å². The Hall–Kier alpha value is -1.56. The number of carboxylic acids is 1. The Morgan fingerprint density at radius 3 is 2.57 bits per heavy atom. The number of carbonyl (C=O) groups is 2. The van der Waals surface area contributed by atoms with Crippen molar-refractivity contribution in [1.29, 1.82) is 0 Å². The summed E-state index contributed by atoms with van der Waals surface area (Å²) in [6, 6.07) is 4.44. The molecule has 0 fully saturated rings. The Kier molecular flexibility index (Phi) is 5.78. The topological polar surface area (TPSA) is 75.6 Å². The van der Waals surface area contributed by atoms with Gasteiger partial charge in [0.05, 0.1) is 10.0 Å². The Labute approximate surface area is 132 Å². The van der Waals surface area contributed by atoms with E-state index in [2.05, 4.69) is 21.2 Å². The van der Waals surface area contributed by atoms with Crippen molar-refractivity contribution in [2.24, 2.45) is 0 Å². The van der Waals surface area contributed by atoms with Gasteiger partial charge in [0.15, 0.2) is 6.10 Å². The molecule has 0 aliphatic carbocycles. The van der Waals surface area contributed by atoms with E-state index in [0.717, 1.165) is 6.42 Å². The number of carbonyl (C=O) groups excluding carboxylic acids is 1. The van der Waals surface area contributed by atoms with E-state index >= 15 is 0 Å². The summed E-state index contributed by atoms with van der Waals surface area (Å²) in [5.74, 6) is -0.960. The lowest BCUT2D eigenvalue weighted by atomic mass is 10.0. The predicted molar refractivity (Wildman–Crippen MR) is 83.7 cm³/mol. The van der Waals surface area contributed by atoms with Gasteiger partial charge in [-0.1, -0.05) is 6.92 Å². The molecule has 1 unspecified atom stereocenters. The number of aromatic carboxylic acids is 1. The molecule has 21 heavy (non-hydrogen) atoms. The number of amides is 1. The first-order chi connectivity index (χ1) is 9.66. The highest BCUT2D eigenvalue weighted by atomic mass is 79.9. The zero-order valence-electron chi connectivity index (χ0n) is 12.6. The van der Waals surface area contributed by atoms with Gasteiger partial charge in [-0.25, -0.2) is 4.79 Å². The van der Waals surface area contributed by atoms with Crippen molar-refractivity contribution in [2.75, 3.05) is 0 Å². The molecule has 0 saturated heterocycles. The molecule has 2 N–H and O–H groups in total. The van der Waals surface area contributed by atoms with Gasteiger partial charge in [-0.05, 0) is 61.3 Å². The van der Waals surface area contributed by atoms with Crippen LogP contribution in [0.25, 0.3) is 0 Å². The summed E-state index contributed by atoms with van der Waals surface area (Å²) in [4.78, 5) is 23.0. The summed E-state index contributed by atoms with van der Waals surface area (Å²) in [6.45, 7) is 7.47. The van der Waals surface area contributed by atoms with Gasteiger partial charge in [-0.15, -0.1) is 0 Å². The van der Waals surface area contributed by atoms with Crippen molar-refractivity contribution in [3.05, 3.63) is 28.2 Å². The van der Waals surface area contributed by atoms with Gasteiger partial charge in [0.1, 0.15) is 5.75 Å². The Morgan fingerprint density at radius 1 is 1.43 bits per heavy atom. The van der Waals surface area contributed by atoms with Gasteiger partial charge in [-0.2, -0.15) is 0 Å². The molecular formula is C15H20BrNO4. The smallest absolute Gasteiger partial charge is 0.335 e. The fraction of sp³-hybridized carbons (Fsp3) is 0.467. The number of hydrogen-bond acceptors (Lipinski definition) is 3. The number of halogens is 1. The van der Waals surface area contributed by atoms with Gasteiger partial charge in [0.25, 0.3) is 5.91 Å². The first-order valence-corrected chi connectivity index (χ1v) is 7.47. The molecule has 1 amide bonds. The minimum Gasteiger partial charge on any atom is -0.480 e. The molecule has 1 aromatic rings. The molecule has 0 saturated carbocycles. The largest absolute Gasteiger partial charge is 0.480 e. The third-order valence-electron chi connectivity index (χ3n) is 3.20. The Morgan fingerprint density at radius 2 is 2.05 bits per heavy atom. The summed E-state index contributed by atoms with van der Waals surface area (Å²) in [6.07, 6.45) is 0.0695. The highest BCUT2D eigenvalue weighted by Gasteiger charge is 2.23. The lowest BCUT2D eigenvalue weighted by Gasteiger charge is -2.26. The maximum absolute atomic E-state index is 12.1. The predicted octanol–water partition coefficient (Wildman–Crippen LogP) is 3.22. The molecule has 1 rings (SSSR count). The second-order valence-corrected chi connectivity index (χ2v) is 6.29. The highest BCUT2D eigenvalue weighted by molar-refractivity contribution is 9.10. The van der Waals surface area contributed by atoms with Crippen molar-refractivity contribution in [3.8, 4) is 5.75 Å². The number of ether oxygens (including phenoxy) is 1. The van der Waals surface area contributed by atoms with Gasteiger partial charge in [-0.3, -0.25) is 4.79 Å². The summed E-state index contributed by atoms with van der Waals surface area (Å²) >= 11 is 3.28. The van der Waals surface area contributed by atoms with Crippen LogP contribution in [0.15, 0.2) is 22.7 Å². The molecule has 116 valence electrons. The molecule has 0 spiro atoms. The van der Waals surface area contributed by atoms with Crippen molar-refractivity contribution < 1.29 is 19.4 Å². The third-order valence-corrected chi connectivity index (χ3v) is 3.85. The molecule has 6 heteroatoms. The number of rotatable bonds is 6. The van der Waals surface area contributed by atoms with Crippen LogP contribution in [0.4, 0.5) is 0 Å². The third kappa shape index (κ3) is 5.04. The second-order valence-electron chi connectivity index (χ2n) is 5.44. The minimum atomic E-state index is -1.04. The lowest BCUT2D eigenvalue weighted by molar-refractivity contribution is -0.129. The number of nitrogens with one attached hydrogen (secondary N) is 1. The molecule has 0 radical (unpaired) electrons. The molecule has 1 aromatic carbocycles. The van der Waals surface area contributed by atoms with E-state index in [1.54, 1.807) is 13.0 Å². The first-order valence-electron chi connectivity index (χ1n) is 6.68. The SMILES string of the molecule is CCC(C)(C)NC(=O)C(C)Oc1cc(C(=O)O)ccc1Br. The second kappa shape index (κ2) is 6.93. The summed E-state index contributed by atoms with van der Waals surface area (Å²) < 4.78 is 6.16. The first kappa shape index (κ1) is 17.5. The van der Waals surface area contributed by atoms with Crippen molar-refractivity contribution in [3.63, 3.8) is 0 Å². The maximum atomic E-state index is 12.1. The fourth-order valence-corrected chi connectivity index (χ4v) is 1.83. The van der Waals surface area contributed by atoms with E-state index in [0.29, 0.717) is 10.2 Å². The molecule has 0 aliphatic heterocycles.